The third kappa shape index (κ3) is 2.73. The Balaban J connectivity index is 1.55. The van der Waals surface area contributed by atoms with Crippen molar-refractivity contribution in [2.45, 2.75) is 43.0 Å². The second kappa shape index (κ2) is 5.82. The molecule has 9 nitrogen and oxygen atoms in total. The van der Waals surface area contributed by atoms with E-state index in [1.807, 2.05) is 0 Å². The van der Waals surface area contributed by atoms with Crippen LogP contribution in [-0.2, 0) is 24.4 Å². The fraction of sp³-hybridized carbons (Fsp3) is 0.625. The smallest absolute Gasteiger partial charge is 0.478 e. The van der Waals surface area contributed by atoms with Gasteiger partial charge in [-0.1, -0.05) is 4.73 Å². The lowest BCUT2D eigenvalue weighted by atomic mass is 9.53. The maximum absolute atomic E-state index is 14.4. The van der Waals surface area contributed by atoms with Crippen LogP contribution >= 0.6 is 0 Å². The van der Waals surface area contributed by atoms with Gasteiger partial charge in [-0.15, -0.1) is 0 Å². The number of nitrogens with zero attached hydrogens (tertiary/aromatic N) is 1. The fourth-order valence-electron chi connectivity index (χ4n) is 4.78. The first-order chi connectivity index (χ1) is 12.9. The fourth-order valence-corrected chi connectivity index (χ4v) is 5.47. The molecule has 154 valence electrons. The molecule has 4 saturated carbocycles. The number of halogens is 2. The average molecular weight is 421 g/mol. The van der Waals surface area contributed by atoms with Gasteiger partial charge >= 0.3 is 21.3 Å². The van der Waals surface area contributed by atoms with Crippen LogP contribution in [-0.4, -0.2) is 46.0 Å². The summed E-state index contributed by atoms with van der Waals surface area (Å²) in [6.45, 7) is 0. The maximum Gasteiger partial charge on any atom is 0.478 e. The van der Waals surface area contributed by atoms with Gasteiger partial charge in [0.05, 0.1) is 0 Å². The number of alkyl halides is 2. The van der Waals surface area contributed by atoms with Crippen LogP contribution in [0.25, 0.3) is 0 Å². The van der Waals surface area contributed by atoms with Gasteiger partial charge in [0, 0.05) is 24.0 Å². The number of aromatic nitrogens is 1. The molecule has 2 unspecified atom stereocenters. The van der Waals surface area contributed by atoms with E-state index in [-0.39, 0.29) is 41.1 Å². The summed E-state index contributed by atoms with van der Waals surface area (Å²) in [5.74, 6) is -4.87. The van der Waals surface area contributed by atoms with Crippen LogP contribution in [0.1, 0.15) is 32.1 Å². The minimum atomic E-state index is -5.95. The largest absolute Gasteiger partial charge is 0.492 e. The van der Waals surface area contributed by atoms with Gasteiger partial charge in [0.1, 0.15) is 11.4 Å². The monoisotopic (exact) mass is 421 g/mol. The average Bonchev–Trinajstić information content (AvgIpc) is 2.90. The molecule has 2 N–H and O–H groups in total. The number of carbonyl (C=O) groups is 2. The van der Waals surface area contributed by atoms with Gasteiger partial charge in [0.15, 0.2) is 0 Å². The highest BCUT2D eigenvalue weighted by Crippen LogP contribution is 2.56. The Kier molecular flexibility index (Phi) is 3.94. The number of rotatable bonds is 5. The minimum absolute atomic E-state index is 0.0453. The SMILES string of the molecule is O=C1C2CC3CC1CC(OC(=O)C(F)(F)S(=O)(=O)On1c(O)ccc1O)(C3)C2. The van der Waals surface area contributed by atoms with Gasteiger partial charge < -0.3 is 14.9 Å². The van der Waals surface area contributed by atoms with Crippen molar-refractivity contribution >= 4 is 21.9 Å². The van der Waals surface area contributed by atoms with Crippen LogP contribution in [0.15, 0.2) is 12.1 Å². The molecular weight excluding hydrogens is 404 g/mol. The van der Waals surface area contributed by atoms with Crippen molar-refractivity contribution in [3.05, 3.63) is 12.1 Å². The van der Waals surface area contributed by atoms with Crippen LogP contribution < -0.4 is 4.28 Å². The molecule has 5 rings (SSSR count). The Morgan fingerprint density at radius 3 is 2.21 bits per heavy atom. The molecule has 0 aliphatic heterocycles. The van der Waals surface area contributed by atoms with Crippen molar-refractivity contribution in [2.24, 2.45) is 17.8 Å². The van der Waals surface area contributed by atoms with Crippen molar-refractivity contribution in [1.29, 1.82) is 0 Å². The number of hydrogen-bond donors (Lipinski definition) is 2. The Morgan fingerprint density at radius 1 is 1.14 bits per heavy atom. The molecule has 0 saturated heterocycles. The highest BCUT2D eigenvalue weighted by Gasteiger charge is 2.63. The predicted octanol–water partition coefficient (Wildman–Crippen LogP) is 0.941. The summed E-state index contributed by atoms with van der Waals surface area (Å²) >= 11 is 0. The number of esters is 1. The lowest BCUT2D eigenvalue weighted by molar-refractivity contribution is -0.202. The molecule has 1 heterocycles. The van der Waals surface area contributed by atoms with Crippen molar-refractivity contribution in [3.63, 3.8) is 0 Å². The number of aromatic hydroxyl groups is 2. The van der Waals surface area contributed by atoms with Gasteiger partial charge in [0.25, 0.3) is 0 Å². The van der Waals surface area contributed by atoms with Gasteiger partial charge in [-0.3, -0.25) is 9.08 Å². The standard InChI is InChI=1S/C16H17F2NO8S/c17-16(18,28(24,25)27-19-11(20)1-2-12(19)21)14(23)26-15-5-8-3-9(6-15)13(22)10(4-8)7-15/h1-2,8-10,20-21H,3-7H2. The number of ether oxygens (including phenoxy) is 1. The number of Topliss-reactive ketones (excluding diaryl/α,β-unsaturated/α-hetero) is 1. The minimum Gasteiger partial charge on any atom is -0.492 e. The molecule has 4 aliphatic rings. The van der Waals surface area contributed by atoms with E-state index >= 15 is 0 Å². The van der Waals surface area contributed by atoms with Gasteiger partial charge in [-0.05, 0) is 38.0 Å². The molecule has 2 atom stereocenters. The molecule has 4 fully saturated rings. The highest BCUT2D eigenvalue weighted by atomic mass is 32.2. The number of ketones is 1. The van der Waals surface area contributed by atoms with E-state index < -0.39 is 38.7 Å². The van der Waals surface area contributed by atoms with Gasteiger partial charge in [0.2, 0.25) is 11.8 Å². The first-order valence-corrected chi connectivity index (χ1v) is 10.0. The first kappa shape index (κ1) is 19.0. The summed E-state index contributed by atoms with van der Waals surface area (Å²) in [6, 6.07) is 1.60. The third-order valence-corrected chi connectivity index (χ3v) is 6.91. The molecule has 1 aromatic rings. The summed E-state index contributed by atoms with van der Waals surface area (Å²) in [4.78, 5) is 24.3. The first-order valence-electron chi connectivity index (χ1n) is 8.63. The van der Waals surface area contributed by atoms with Crippen LogP contribution in [0.5, 0.6) is 11.8 Å². The molecule has 0 spiro atoms. The zero-order valence-corrected chi connectivity index (χ0v) is 15.2. The summed E-state index contributed by atoms with van der Waals surface area (Å²) in [5.41, 5.74) is -1.29. The maximum atomic E-state index is 14.4. The van der Waals surface area contributed by atoms with Crippen LogP contribution in [0.2, 0.25) is 0 Å². The van der Waals surface area contributed by atoms with Crippen molar-refractivity contribution in [1.82, 2.24) is 4.73 Å². The van der Waals surface area contributed by atoms with Crippen LogP contribution in [0.4, 0.5) is 8.78 Å². The van der Waals surface area contributed by atoms with Crippen molar-refractivity contribution in [2.75, 3.05) is 0 Å². The second-order valence-electron chi connectivity index (χ2n) is 7.71. The molecule has 1 aromatic heterocycles. The van der Waals surface area contributed by atoms with E-state index in [1.165, 1.54) is 0 Å². The van der Waals surface area contributed by atoms with Gasteiger partial charge in [-0.2, -0.15) is 17.2 Å². The van der Waals surface area contributed by atoms with Gasteiger partial charge in [-0.25, -0.2) is 4.79 Å². The second-order valence-corrected chi connectivity index (χ2v) is 9.28. The van der Waals surface area contributed by atoms with Crippen molar-refractivity contribution in [3.8, 4) is 11.8 Å². The topological polar surface area (TPSA) is 132 Å². The molecule has 0 radical (unpaired) electrons. The summed E-state index contributed by atoms with van der Waals surface area (Å²) < 4.78 is 61.5. The summed E-state index contributed by atoms with van der Waals surface area (Å²) in [5, 5.41) is 13.6. The molecule has 4 aliphatic carbocycles. The predicted molar refractivity (Wildman–Crippen MR) is 85.6 cm³/mol. The van der Waals surface area contributed by atoms with E-state index in [2.05, 4.69) is 4.28 Å². The highest BCUT2D eigenvalue weighted by molar-refractivity contribution is 7.88. The molecule has 0 aromatic carbocycles. The zero-order chi connectivity index (χ0) is 20.5. The zero-order valence-electron chi connectivity index (χ0n) is 14.4. The normalized spacial score (nSPS) is 31.8. The van der Waals surface area contributed by atoms with E-state index in [1.54, 1.807) is 0 Å². The van der Waals surface area contributed by atoms with Crippen LogP contribution in [0, 0.1) is 17.8 Å². The number of hydrogen-bond acceptors (Lipinski definition) is 8. The molecule has 4 bridgehead atoms. The van der Waals surface area contributed by atoms with E-state index in [4.69, 9.17) is 4.74 Å². The Hall–Kier alpha value is -2.37. The quantitative estimate of drug-likeness (QED) is 0.672. The molecule has 12 heteroatoms. The molecule has 0 amide bonds. The molecular formula is C16H17F2NO8S. The Bertz CT molecular complexity index is 918. The lowest BCUT2D eigenvalue weighted by Crippen LogP contribution is -2.58. The Labute approximate surface area is 157 Å². The Morgan fingerprint density at radius 2 is 1.68 bits per heavy atom. The van der Waals surface area contributed by atoms with E-state index in [9.17, 15) is 37.0 Å². The van der Waals surface area contributed by atoms with E-state index in [0.717, 1.165) is 12.1 Å². The van der Waals surface area contributed by atoms with Crippen LogP contribution in [0.3, 0.4) is 0 Å². The third-order valence-electron chi connectivity index (χ3n) is 5.77. The summed E-state index contributed by atoms with van der Waals surface area (Å²) in [6.07, 6.45) is 1.74. The summed E-state index contributed by atoms with van der Waals surface area (Å²) in [7, 11) is -5.95. The number of carbonyl (C=O) groups excluding carboxylic acids is 2. The lowest BCUT2D eigenvalue weighted by Gasteiger charge is -2.54. The van der Waals surface area contributed by atoms with E-state index in [0.29, 0.717) is 19.3 Å². The van der Waals surface area contributed by atoms with Crippen molar-refractivity contribution < 1.29 is 46.0 Å². The molecule has 28 heavy (non-hydrogen) atoms.